The fourth-order valence-electron chi connectivity index (χ4n) is 0.873. The fourth-order valence-corrected chi connectivity index (χ4v) is 0.873. The van der Waals surface area contributed by atoms with E-state index < -0.39 is 23.1 Å². The molecule has 0 aliphatic rings. The van der Waals surface area contributed by atoms with E-state index >= 15 is 0 Å². The molecule has 0 aromatic carbocycles. The van der Waals surface area contributed by atoms with Crippen LogP contribution >= 0.6 is 0 Å². The number of nitrogens with one attached hydrogen (secondary N) is 1. The number of carbonyl (C=O) groups is 1. The van der Waals surface area contributed by atoms with Gasteiger partial charge in [-0.25, -0.2) is 4.68 Å². The highest BCUT2D eigenvalue weighted by Gasteiger charge is 2.12. The first kappa shape index (κ1) is 10.2. The van der Waals surface area contributed by atoms with Gasteiger partial charge >= 0.3 is 5.97 Å². The van der Waals surface area contributed by atoms with E-state index in [2.05, 4.69) is 5.10 Å². The van der Waals surface area contributed by atoms with Gasteiger partial charge in [-0.15, -0.1) is 0 Å². The Morgan fingerprint density at radius 1 is 1.57 bits per heavy atom. The third-order valence-electron chi connectivity index (χ3n) is 1.58. The van der Waals surface area contributed by atoms with Crippen molar-refractivity contribution >= 4 is 5.97 Å². The van der Waals surface area contributed by atoms with Gasteiger partial charge in [-0.2, -0.15) is 0 Å². The molecule has 0 aliphatic carbocycles. The summed E-state index contributed by atoms with van der Waals surface area (Å²) in [5, 5.41) is 10.6. The third kappa shape index (κ3) is 2.30. The summed E-state index contributed by atoms with van der Waals surface area (Å²) >= 11 is 0. The Bertz CT molecular complexity index is 447. The molecule has 0 fully saturated rings. The lowest BCUT2D eigenvalue weighted by Gasteiger charge is -2.07. The number of rotatable bonds is 3. The molecule has 76 valence electrons. The van der Waals surface area contributed by atoms with E-state index in [-0.39, 0.29) is 6.54 Å². The van der Waals surface area contributed by atoms with Crippen LogP contribution in [-0.4, -0.2) is 26.9 Å². The summed E-state index contributed by atoms with van der Waals surface area (Å²) < 4.78 is 0.862. The van der Waals surface area contributed by atoms with Gasteiger partial charge in [0.1, 0.15) is 6.04 Å². The first-order valence-electron chi connectivity index (χ1n) is 3.79. The molecule has 7 heteroatoms. The van der Waals surface area contributed by atoms with Crippen molar-refractivity contribution in [2.75, 3.05) is 0 Å². The van der Waals surface area contributed by atoms with Crippen LogP contribution in [0.5, 0.6) is 0 Å². The molecule has 7 nitrogen and oxygen atoms in total. The number of nitrogens with two attached hydrogens (primary N) is 1. The predicted molar refractivity (Wildman–Crippen MR) is 46.9 cm³/mol. The van der Waals surface area contributed by atoms with Crippen LogP contribution in [0.25, 0.3) is 0 Å². The molecule has 14 heavy (non-hydrogen) atoms. The highest BCUT2D eigenvalue weighted by molar-refractivity contribution is 5.72. The number of hydrogen-bond donors (Lipinski definition) is 3. The number of carboxylic acids is 1. The van der Waals surface area contributed by atoms with Crippen LogP contribution in [0, 0.1) is 0 Å². The van der Waals surface area contributed by atoms with E-state index in [1.807, 2.05) is 0 Å². The standard InChI is InChI=1S/C7H9N3O4/c8-4(7(13)14)3-10-6(12)2-1-5(11)9-10/h1-2,4H,3,8H2,(H,9,11)(H,13,14). The highest BCUT2D eigenvalue weighted by Crippen LogP contribution is 1.81. The van der Waals surface area contributed by atoms with Crippen molar-refractivity contribution in [1.29, 1.82) is 0 Å². The van der Waals surface area contributed by atoms with Crippen molar-refractivity contribution in [3.8, 4) is 0 Å². The molecular weight excluding hydrogens is 190 g/mol. The van der Waals surface area contributed by atoms with Crippen LogP contribution in [-0.2, 0) is 11.3 Å². The lowest BCUT2D eigenvalue weighted by Crippen LogP contribution is -2.40. The normalized spacial score (nSPS) is 12.4. The smallest absolute Gasteiger partial charge is 0.322 e. The SMILES string of the molecule is NC(Cn1[nH]c(=O)ccc1=O)C(=O)O. The van der Waals surface area contributed by atoms with E-state index in [4.69, 9.17) is 10.8 Å². The van der Waals surface area contributed by atoms with Gasteiger partial charge in [-0.1, -0.05) is 0 Å². The Morgan fingerprint density at radius 2 is 2.21 bits per heavy atom. The van der Waals surface area contributed by atoms with Gasteiger partial charge in [0.25, 0.3) is 11.1 Å². The molecule has 0 radical (unpaired) electrons. The van der Waals surface area contributed by atoms with Gasteiger partial charge in [0.15, 0.2) is 0 Å². The van der Waals surface area contributed by atoms with E-state index in [1.54, 1.807) is 0 Å². The molecular formula is C7H9N3O4. The minimum atomic E-state index is -1.23. The van der Waals surface area contributed by atoms with Crippen LogP contribution in [0.15, 0.2) is 21.7 Å². The summed E-state index contributed by atoms with van der Waals surface area (Å²) in [5.41, 5.74) is 4.20. The highest BCUT2D eigenvalue weighted by atomic mass is 16.4. The molecule has 0 saturated heterocycles. The number of carboxylic acid groups (broad SMARTS) is 1. The molecule has 1 atom stereocenters. The number of H-pyrrole nitrogens is 1. The minimum Gasteiger partial charge on any atom is -0.480 e. The van der Waals surface area contributed by atoms with Crippen molar-refractivity contribution in [3.63, 3.8) is 0 Å². The third-order valence-corrected chi connectivity index (χ3v) is 1.58. The Kier molecular flexibility index (Phi) is 2.82. The Hall–Kier alpha value is -1.89. The Labute approximate surface area is 77.8 Å². The Morgan fingerprint density at radius 3 is 2.79 bits per heavy atom. The van der Waals surface area contributed by atoms with Crippen molar-refractivity contribution < 1.29 is 9.90 Å². The largest absolute Gasteiger partial charge is 0.480 e. The molecule has 0 aliphatic heterocycles. The molecule has 1 heterocycles. The van der Waals surface area contributed by atoms with E-state index in [1.165, 1.54) is 0 Å². The maximum absolute atomic E-state index is 11.1. The van der Waals surface area contributed by atoms with Gasteiger partial charge in [0.2, 0.25) is 0 Å². The topological polar surface area (TPSA) is 118 Å². The van der Waals surface area contributed by atoms with Crippen molar-refractivity contribution in [2.45, 2.75) is 12.6 Å². The van der Waals surface area contributed by atoms with Crippen LogP contribution in [0.1, 0.15) is 0 Å². The zero-order valence-corrected chi connectivity index (χ0v) is 7.14. The van der Waals surface area contributed by atoms with Crippen LogP contribution < -0.4 is 16.9 Å². The predicted octanol–water partition coefficient (Wildman–Crippen LogP) is -2.05. The van der Waals surface area contributed by atoms with Gasteiger partial charge in [0, 0.05) is 12.1 Å². The molecule has 0 spiro atoms. The molecule has 1 rings (SSSR count). The zero-order chi connectivity index (χ0) is 10.7. The van der Waals surface area contributed by atoms with Gasteiger partial charge in [0.05, 0.1) is 6.54 Å². The monoisotopic (exact) mass is 199 g/mol. The van der Waals surface area contributed by atoms with E-state index in [0.29, 0.717) is 0 Å². The molecule has 4 N–H and O–H groups in total. The molecule has 1 aromatic heterocycles. The van der Waals surface area contributed by atoms with E-state index in [9.17, 15) is 14.4 Å². The molecule has 0 amide bonds. The molecule has 1 unspecified atom stereocenters. The van der Waals surface area contributed by atoms with Crippen LogP contribution in [0.2, 0.25) is 0 Å². The number of nitrogens with zero attached hydrogens (tertiary/aromatic N) is 1. The molecule has 1 aromatic rings. The first-order chi connectivity index (χ1) is 6.50. The summed E-state index contributed by atoms with van der Waals surface area (Å²) in [7, 11) is 0. The zero-order valence-electron chi connectivity index (χ0n) is 7.14. The number of aromatic amines is 1. The average molecular weight is 199 g/mol. The lowest BCUT2D eigenvalue weighted by atomic mass is 10.3. The second-order valence-electron chi connectivity index (χ2n) is 2.70. The Balaban J connectivity index is 2.97. The fraction of sp³-hybridized carbons (Fsp3) is 0.286. The van der Waals surface area contributed by atoms with Gasteiger partial charge < -0.3 is 10.8 Å². The van der Waals surface area contributed by atoms with Crippen LogP contribution in [0.3, 0.4) is 0 Å². The first-order valence-corrected chi connectivity index (χ1v) is 3.79. The maximum Gasteiger partial charge on any atom is 0.322 e. The van der Waals surface area contributed by atoms with Crippen LogP contribution in [0.4, 0.5) is 0 Å². The number of hydrogen-bond acceptors (Lipinski definition) is 4. The quantitative estimate of drug-likeness (QED) is 0.517. The average Bonchev–Trinajstić information content (AvgIpc) is 2.11. The minimum absolute atomic E-state index is 0.260. The second kappa shape index (κ2) is 3.88. The van der Waals surface area contributed by atoms with Crippen molar-refractivity contribution in [2.24, 2.45) is 5.73 Å². The maximum atomic E-state index is 11.1. The lowest BCUT2D eigenvalue weighted by molar-refractivity contribution is -0.138. The summed E-state index contributed by atoms with van der Waals surface area (Å²) in [6, 6.07) is 0.893. The number of aromatic nitrogens is 2. The summed E-state index contributed by atoms with van der Waals surface area (Å²) in [4.78, 5) is 32.2. The van der Waals surface area contributed by atoms with Crippen molar-refractivity contribution in [3.05, 3.63) is 32.8 Å². The number of aliphatic carboxylic acids is 1. The van der Waals surface area contributed by atoms with Gasteiger partial charge in [-0.3, -0.25) is 19.5 Å². The molecule has 0 bridgehead atoms. The molecule has 0 saturated carbocycles. The van der Waals surface area contributed by atoms with Gasteiger partial charge in [-0.05, 0) is 0 Å². The van der Waals surface area contributed by atoms with Crippen molar-refractivity contribution in [1.82, 2.24) is 9.78 Å². The second-order valence-corrected chi connectivity index (χ2v) is 2.70. The summed E-state index contributed by atoms with van der Waals surface area (Å²) in [6.45, 7) is -0.260. The summed E-state index contributed by atoms with van der Waals surface area (Å²) in [6.07, 6.45) is 0. The summed E-state index contributed by atoms with van der Waals surface area (Å²) in [5.74, 6) is -1.23. The van der Waals surface area contributed by atoms with E-state index in [0.717, 1.165) is 16.8 Å².